The molecule has 2 aliphatic rings. The van der Waals surface area contributed by atoms with E-state index in [0.29, 0.717) is 12.8 Å². The minimum Gasteiger partial charge on any atom is -0.462 e. The van der Waals surface area contributed by atoms with Crippen molar-refractivity contribution < 1.29 is 19.1 Å². The molecule has 0 aliphatic heterocycles. The number of hydrogen-bond donors (Lipinski definition) is 0. The van der Waals surface area contributed by atoms with Gasteiger partial charge < -0.3 is 9.47 Å². The number of carbonyl (C=O) groups excluding carboxylic acids is 2. The summed E-state index contributed by atoms with van der Waals surface area (Å²) in [6, 6.07) is 0. The largest absolute Gasteiger partial charge is 0.462 e. The van der Waals surface area contributed by atoms with Gasteiger partial charge in [0.1, 0.15) is 10.8 Å². The van der Waals surface area contributed by atoms with Crippen molar-refractivity contribution in [3.05, 3.63) is 24.3 Å². The first-order valence-electron chi connectivity index (χ1n) is 8.13. The summed E-state index contributed by atoms with van der Waals surface area (Å²) in [6.45, 7) is 7.31. The Morgan fingerprint density at radius 3 is 1.50 bits per heavy atom. The van der Waals surface area contributed by atoms with Crippen LogP contribution in [0.4, 0.5) is 0 Å². The van der Waals surface area contributed by atoms with Crippen LogP contribution in [-0.2, 0) is 19.1 Å². The van der Waals surface area contributed by atoms with Gasteiger partial charge >= 0.3 is 11.9 Å². The summed E-state index contributed by atoms with van der Waals surface area (Å²) in [5.74, 6) is -0.632. The van der Waals surface area contributed by atoms with Crippen LogP contribution in [0.2, 0.25) is 0 Å². The van der Waals surface area contributed by atoms with E-state index in [9.17, 15) is 9.59 Å². The van der Waals surface area contributed by atoms with Gasteiger partial charge in [-0.25, -0.2) is 0 Å². The molecule has 0 heterocycles. The maximum absolute atomic E-state index is 12.8. The second kappa shape index (κ2) is 6.27. The molecule has 0 amide bonds. The molecule has 122 valence electrons. The number of allylic oxidation sites excluding steroid dienone is 2. The van der Waals surface area contributed by atoms with E-state index in [2.05, 4.69) is 0 Å². The van der Waals surface area contributed by atoms with Gasteiger partial charge in [0, 0.05) is 0 Å². The Morgan fingerprint density at radius 1 is 0.818 bits per heavy atom. The molecule has 0 radical (unpaired) electrons. The number of fused-ring (bicyclic) bond motifs is 1. The summed E-state index contributed by atoms with van der Waals surface area (Å²) in [7, 11) is 0. The molecule has 22 heavy (non-hydrogen) atoms. The van der Waals surface area contributed by atoms with Crippen molar-refractivity contribution in [3.63, 3.8) is 0 Å². The first-order valence-corrected chi connectivity index (χ1v) is 8.13. The summed E-state index contributed by atoms with van der Waals surface area (Å²) in [4.78, 5) is 25.7. The molecule has 1 saturated carbocycles. The highest BCUT2D eigenvalue weighted by atomic mass is 16.6. The van der Waals surface area contributed by atoms with Gasteiger partial charge in [0.05, 0.1) is 12.2 Å². The smallest absolute Gasteiger partial charge is 0.317 e. The zero-order valence-electron chi connectivity index (χ0n) is 13.9. The number of hydrogen-bond acceptors (Lipinski definition) is 4. The normalized spacial score (nSPS) is 30.3. The number of esters is 2. The van der Waals surface area contributed by atoms with E-state index in [-0.39, 0.29) is 24.1 Å². The van der Waals surface area contributed by atoms with Crippen molar-refractivity contribution in [1.82, 2.24) is 0 Å². The van der Waals surface area contributed by atoms with Crippen LogP contribution < -0.4 is 0 Å². The van der Waals surface area contributed by atoms with Crippen LogP contribution in [0.25, 0.3) is 0 Å². The Bertz CT molecular complexity index is 457. The molecule has 2 aliphatic carbocycles. The molecule has 0 bridgehead atoms. The zero-order chi connectivity index (χ0) is 16.4. The predicted molar refractivity (Wildman–Crippen MR) is 84.1 cm³/mol. The lowest BCUT2D eigenvalue weighted by Crippen LogP contribution is -2.55. The molecular weight excluding hydrogens is 280 g/mol. The van der Waals surface area contributed by atoms with E-state index in [0.717, 1.165) is 12.8 Å². The third kappa shape index (κ3) is 2.71. The van der Waals surface area contributed by atoms with Crippen LogP contribution >= 0.6 is 0 Å². The molecule has 0 aromatic heterocycles. The standard InChI is InChI=1S/C18H26O4/c1-13(2)21-15(19)17-9-5-7-11-18(17,12-8-6-10-17)16(20)22-14(3)4/h5,7,9,11,13-14H,6,8,10,12H2,1-4H3. The first kappa shape index (κ1) is 16.8. The summed E-state index contributed by atoms with van der Waals surface area (Å²) < 4.78 is 11.0. The SMILES string of the molecule is CC(C)OC(=O)C12C=CC=CC1(C(=O)OC(C)C)CCCC2. The zero-order valence-corrected chi connectivity index (χ0v) is 13.9. The van der Waals surface area contributed by atoms with Crippen LogP contribution in [0.3, 0.4) is 0 Å². The Balaban J connectivity index is 2.45. The molecule has 1 fully saturated rings. The van der Waals surface area contributed by atoms with Gasteiger partial charge in [-0.3, -0.25) is 9.59 Å². The van der Waals surface area contributed by atoms with E-state index < -0.39 is 10.8 Å². The molecule has 0 N–H and O–H groups in total. The molecule has 0 saturated heterocycles. The third-order valence-corrected chi connectivity index (χ3v) is 4.47. The van der Waals surface area contributed by atoms with E-state index in [1.54, 1.807) is 0 Å². The van der Waals surface area contributed by atoms with Gasteiger partial charge in [0.25, 0.3) is 0 Å². The summed E-state index contributed by atoms with van der Waals surface area (Å²) in [5.41, 5.74) is -1.87. The monoisotopic (exact) mass is 306 g/mol. The van der Waals surface area contributed by atoms with E-state index in [4.69, 9.17) is 9.47 Å². The van der Waals surface area contributed by atoms with Crippen LogP contribution in [0.15, 0.2) is 24.3 Å². The van der Waals surface area contributed by atoms with Gasteiger partial charge in [-0.15, -0.1) is 0 Å². The van der Waals surface area contributed by atoms with Gasteiger partial charge in [0.2, 0.25) is 0 Å². The minimum absolute atomic E-state index is 0.207. The average Bonchev–Trinajstić information content (AvgIpc) is 2.45. The van der Waals surface area contributed by atoms with Gasteiger partial charge in [0.15, 0.2) is 0 Å². The second-order valence-corrected chi connectivity index (χ2v) is 6.78. The predicted octanol–water partition coefficient (Wildman–Crippen LogP) is 3.56. The van der Waals surface area contributed by atoms with Crippen LogP contribution in [0.5, 0.6) is 0 Å². The molecule has 2 atom stereocenters. The second-order valence-electron chi connectivity index (χ2n) is 6.78. The Kier molecular flexibility index (Phi) is 4.78. The van der Waals surface area contributed by atoms with Crippen LogP contribution in [0.1, 0.15) is 53.4 Å². The molecule has 0 aromatic carbocycles. The molecule has 0 spiro atoms. The summed E-state index contributed by atoms with van der Waals surface area (Å²) in [5, 5.41) is 0. The van der Waals surface area contributed by atoms with Crippen molar-refractivity contribution in [2.75, 3.05) is 0 Å². The maximum atomic E-state index is 12.8. The Labute approximate surface area is 132 Å². The molecule has 4 heteroatoms. The van der Waals surface area contributed by atoms with Gasteiger partial charge in [-0.1, -0.05) is 37.1 Å². The van der Waals surface area contributed by atoms with Crippen molar-refractivity contribution in [2.45, 2.75) is 65.6 Å². The minimum atomic E-state index is -0.934. The number of rotatable bonds is 4. The molecule has 0 aromatic rings. The highest BCUT2D eigenvalue weighted by molar-refractivity contribution is 5.92. The maximum Gasteiger partial charge on any atom is 0.317 e. The van der Waals surface area contributed by atoms with Crippen molar-refractivity contribution in [1.29, 1.82) is 0 Å². The topological polar surface area (TPSA) is 52.6 Å². The lowest BCUT2D eigenvalue weighted by molar-refractivity contribution is -0.181. The van der Waals surface area contributed by atoms with Gasteiger partial charge in [-0.05, 0) is 40.5 Å². The Hall–Kier alpha value is -1.58. The number of carbonyl (C=O) groups is 2. The van der Waals surface area contributed by atoms with Crippen LogP contribution in [-0.4, -0.2) is 24.1 Å². The molecule has 2 rings (SSSR count). The fourth-order valence-electron chi connectivity index (χ4n) is 3.50. The third-order valence-electron chi connectivity index (χ3n) is 4.47. The first-order chi connectivity index (χ1) is 10.3. The van der Waals surface area contributed by atoms with Crippen molar-refractivity contribution in [3.8, 4) is 0 Å². The quantitative estimate of drug-likeness (QED) is 0.745. The fourth-order valence-corrected chi connectivity index (χ4v) is 3.50. The molecular formula is C18H26O4. The average molecular weight is 306 g/mol. The Morgan fingerprint density at radius 2 is 1.18 bits per heavy atom. The highest BCUT2D eigenvalue weighted by Crippen LogP contribution is 2.56. The van der Waals surface area contributed by atoms with E-state index in [1.165, 1.54) is 0 Å². The number of ether oxygens (including phenoxy) is 2. The van der Waals surface area contributed by atoms with Crippen molar-refractivity contribution >= 4 is 11.9 Å². The lowest BCUT2D eigenvalue weighted by Gasteiger charge is -2.48. The van der Waals surface area contributed by atoms with E-state index >= 15 is 0 Å². The lowest BCUT2D eigenvalue weighted by atomic mass is 9.54. The summed E-state index contributed by atoms with van der Waals surface area (Å²) in [6.07, 6.45) is 10.0. The molecule has 4 nitrogen and oxygen atoms in total. The van der Waals surface area contributed by atoms with Gasteiger partial charge in [-0.2, -0.15) is 0 Å². The molecule has 2 unspecified atom stereocenters. The van der Waals surface area contributed by atoms with Crippen LogP contribution in [0, 0.1) is 10.8 Å². The van der Waals surface area contributed by atoms with Crippen molar-refractivity contribution in [2.24, 2.45) is 10.8 Å². The van der Waals surface area contributed by atoms with E-state index in [1.807, 2.05) is 52.0 Å². The highest BCUT2D eigenvalue weighted by Gasteiger charge is 2.61. The fraction of sp³-hybridized carbons (Fsp3) is 0.667. The summed E-state index contributed by atoms with van der Waals surface area (Å²) >= 11 is 0.